The minimum absolute atomic E-state index is 0.0573. The number of hydrogen-bond donors (Lipinski definition) is 1. The summed E-state index contributed by atoms with van der Waals surface area (Å²) in [6.07, 6.45) is 3.17. The fraction of sp³-hybridized carbons (Fsp3) is 0.368. The second kappa shape index (κ2) is 7.95. The highest BCUT2D eigenvalue weighted by Gasteiger charge is 2.16. The molecule has 0 fully saturated rings. The topological polar surface area (TPSA) is 98.5 Å². The smallest absolute Gasteiger partial charge is 0.306 e. The van der Waals surface area contributed by atoms with E-state index in [1.54, 1.807) is 13.0 Å². The number of rotatable bonds is 7. The van der Waals surface area contributed by atoms with Crippen molar-refractivity contribution in [3.05, 3.63) is 46.7 Å². The maximum atomic E-state index is 12.2. The molecule has 0 saturated carbocycles. The van der Waals surface area contributed by atoms with Crippen molar-refractivity contribution in [3.63, 3.8) is 0 Å². The lowest BCUT2D eigenvalue weighted by Crippen LogP contribution is -2.21. The van der Waals surface area contributed by atoms with Gasteiger partial charge in [0, 0.05) is 18.1 Å². The van der Waals surface area contributed by atoms with Crippen LogP contribution in [-0.2, 0) is 27.2 Å². The molecule has 7 heteroatoms. The molecule has 1 aromatic carbocycles. The fourth-order valence-corrected chi connectivity index (χ4v) is 2.93. The van der Waals surface area contributed by atoms with Gasteiger partial charge in [0.05, 0.1) is 6.42 Å². The lowest BCUT2D eigenvalue weighted by atomic mass is 10.0. The van der Waals surface area contributed by atoms with E-state index in [0.717, 1.165) is 19.3 Å². The Morgan fingerprint density at radius 1 is 1.15 bits per heavy atom. The van der Waals surface area contributed by atoms with Crippen LogP contribution in [0.25, 0.3) is 0 Å². The number of amides is 1. The largest absolute Gasteiger partial charge is 0.456 e. The molecule has 1 heterocycles. The highest BCUT2D eigenvalue weighted by atomic mass is 16.5. The Balaban J connectivity index is 1.41. The molecule has 0 radical (unpaired) electrons. The highest BCUT2D eigenvalue weighted by Crippen LogP contribution is 2.23. The van der Waals surface area contributed by atoms with Crippen LogP contribution in [0.4, 0.5) is 5.82 Å². The normalized spacial score (nSPS) is 12.5. The SMILES string of the molecule is Cc1cc(NC(=O)COC(=O)CCC(=O)c2ccc3c(c2)CCC3)no1. The number of ether oxygens (including phenoxy) is 1. The number of carbonyl (C=O) groups excluding carboxylic acids is 3. The van der Waals surface area contributed by atoms with E-state index < -0.39 is 18.5 Å². The van der Waals surface area contributed by atoms with Gasteiger partial charge in [0.1, 0.15) is 5.76 Å². The zero-order chi connectivity index (χ0) is 18.5. The molecule has 1 aliphatic carbocycles. The Labute approximate surface area is 150 Å². The summed E-state index contributed by atoms with van der Waals surface area (Å²) in [5.41, 5.74) is 3.14. The van der Waals surface area contributed by atoms with Gasteiger partial charge in [-0.05, 0) is 43.4 Å². The highest BCUT2D eigenvalue weighted by molar-refractivity contribution is 5.98. The van der Waals surface area contributed by atoms with E-state index in [9.17, 15) is 14.4 Å². The van der Waals surface area contributed by atoms with Crippen LogP contribution in [0.3, 0.4) is 0 Å². The molecule has 7 nitrogen and oxygen atoms in total. The number of benzene rings is 1. The zero-order valence-corrected chi connectivity index (χ0v) is 14.5. The second-order valence-corrected chi connectivity index (χ2v) is 6.29. The van der Waals surface area contributed by atoms with Crippen molar-refractivity contribution in [2.75, 3.05) is 11.9 Å². The molecule has 0 saturated heterocycles. The van der Waals surface area contributed by atoms with Crippen molar-refractivity contribution in [1.82, 2.24) is 5.16 Å². The van der Waals surface area contributed by atoms with E-state index >= 15 is 0 Å². The van der Waals surface area contributed by atoms with Crippen LogP contribution < -0.4 is 5.32 Å². The van der Waals surface area contributed by atoms with Crippen LogP contribution in [0.2, 0.25) is 0 Å². The number of Topliss-reactive ketones (excluding diaryl/α,β-unsaturated/α-hetero) is 1. The van der Waals surface area contributed by atoms with E-state index in [-0.39, 0.29) is 24.4 Å². The van der Waals surface area contributed by atoms with Crippen molar-refractivity contribution in [2.24, 2.45) is 0 Å². The summed E-state index contributed by atoms with van der Waals surface area (Å²) < 4.78 is 9.70. The average molecular weight is 356 g/mol. The molecule has 2 aromatic rings. The molecule has 1 aliphatic rings. The first kappa shape index (κ1) is 17.8. The van der Waals surface area contributed by atoms with Gasteiger partial charge in [0.25, 0.3) is 5.91 Å². The maximum Gasteiger partial charge on any atom is 0.306 e. The number of ketones is 1. The quantitative estimate of drug-likeness (QED) is 0.605. The molecule has 0 aliphatic heterocycles. The Kier molecular flexibility index (Phi) is 5.46. The predicted molar refractivity (Wildman–Crippen MR) is 92.9 cm³/mol. The molecule has 0 bridgehead atoms. The van der Waals surface area contributed by atoms with Crippen molar-refractivity contribution in [1.29, 1.82) is 0 Å². The van der Waals surface area contributed by atoms with E-state index in [0.29, 0.717) is 11.3 Å². The molecular formula is C19H20N2O5. The molecule has 1 N–H and O–H groups in total. The van der Waals surface area contributed by atoms with Gasteiger partial charge in [-0.25, -0.2) is 0 Å². The van der Waals surface area contributed by atoms with Gasteiger partial charge < -0.3 is 14.6 Å². The monoisotopic (exact) mass is 356 g/mol. The van der Waals surface area contributed by atoms with Crippen LogP contribution in [0.1, 0.15) is 46.5 Å². The third-order valence-corrected chi connectivity index (χ3v) is 4.24. The van der Waals surface area contributed by atoms with E-state index in [2.05, 4.69) is 10.5 Å². The molecule has 0 spiro atoms. The number of aryl methyl sites for hydroxylation is 3. The molecule has 26 heavy (non-hydrogen) atoms. The van der Waals surface area contributed by atoms with Gasteiger partial charge in [0.15, 0.2) is 18.2 Å². The summed E-state index contributed by atoms with van der Waals surface area (Å²) in [7, 11) is 0. The Hall–Kier alpha value is -2.96. The van der Waals surface area contributed by atoms with Gasteiger partial charge in [-0.2, -0.15) is 0 Å². The summed E-state index contributed by atoms with van der Waals surface area (Å²) in [6.45, 7) is 1.26. The van der Waals surface area contributed by atoms with Gasteiger partial charge in [-0.3, -0.25) is 14.4 Å². The summed E-state index contributed by atoms with van der Waals surface area (Å²) >= 11 is 0. The number of carbonyl (C=O) groups is 3. The predicted octanol–water partition coefficient (Wildman–Crippen LogP) is 2.62. The van der Waals surface area contributed by atoms with Gasteiger partial charge >= 0.3 is 5.97 Å². The first-order chi connectivity index (χ1) is 12.5. The molecular weight excluding hydrogens is 336 g/mol. The van der Waals surface area contributed by atoms with Crippen molar-refractivity contribution >= 4 is 23.5 Å². The fourth-order valence-electron chi connectivity index (χ4n) is 2.93. The lowest BCUT2D eigenvalue weighted by molar-refractivity contribution is -0.147. The number of aromatic nitrogens is 1. The van der Waals surface area contributed by atoms with Crippen LogP contribution in [-0.4, -0.2) is 29.4 Å². The van der Waals surface area contributed by atoms with Gasteiger partial charge in [0.2, 0.25) is 0 Å². The summed E-state index contributed by atoms with van der Waals surface area (Å²) in [6, 6.07) is 7.27. The zero-order valence-electron chi connectivity index (χ0n) is 14.5. The first-order valence-electron chi connectivity index (χ1n) is 8.55. The standard InChI is InChI=1S/C19H20N2O5/c1-12-9-17(21-26-12)20-18(23)11-25-19(24)8-7-16(22)15-6-5-13-3-2-4-14(13)10-15/h5-6,9-10H,2-4,7-8,11H2,1H3,(H,20,21,23). The Morgan fingerprint density at radius 2 is 1.96 bits per heavy atom. The molecule has 1 aromatic heterocycles. The number of fused-ring (bicyclic) bond motifs is 1. The van der Waals surface area contributed by atoms with E-state index in [1.807, 2.05) is 18.2 Å². The van der Waals surface area contributed by atoms with Crippen LogP contribution in [0.5, 0.6) is 0 Å². The summed E-state index contributed by atoms with van der Waals surface area (Å²) in [5, 5.41) is 6.05. The minimum Gasteiger partial charge on any atom is -0.456 e. The van der Waals surface area contributed by atoms with E-state index in [1.165, 1.54) is 11.1 Å². The maximum absolute atomic E-state index is 12.2. The number of nitrogens with one attached hydrogen (secondary N) is 1. The minimum atomic E-state index is -0.592. The number of anilines is 1. The average Bonchev–Trinajstić information content (AvgIpc) is 3.25. The van der Waals surface area contributed by atoms with Crippen LogP contribution in [0.15, 0.2) is 28.8 Å². The third-order valence-electron chi connectivity index (χ3n) is 4.24. The summed E-state index contributed by atoms with van der Waals surface area (Å²) in [4.78, 5) is 35.6. The van der Waals surface area contributed by atoms with Crippen LogP contribution >= 0.6 is 0 Å². The molecule has 3 rings (SSSR count). The second-order valence-electron chi connectivity index (χ2n) is 6.29. The Morgan fingerprint density at radius 3 is 2.73 bits per heavy atom. The first-order valence-corrected chi connectivity index (χ1v) is 8.55. The molecule has 0 atom stereocenters. The number of hydrogen-bond acceptors (Lipinski definition) is 6. The molecule has 0 unspecified atom stereocenters. The lowest BCUT2D eigenvalue weighted by Gasteiger charge is -2.06. The third kappa shape index (κ3) is 4.56. The molecule has 136 valence electrons. The van der Waals surface area contributed by atoms with Gasteiger partial charge in [-0.1, -0.05) is 17.3 Å². The summed E-state index contributed by atoms with van der Waals surface area (Å²) in [5.74, 6) is -0.389. The number of nitrogens with zero attached hydrogens (tertiary/aromatic N) is 1. The van der Waals surface area contributed by atoms with E-state index in [4.69, 9.17) is 9.26 Å². The number of esters is 1. The van der Waals surface area contributed by atoms with Crippen LogP contribution in [0, 0.1) is 6.92 Å². The van der Waals surface area contributed by atoms with Gasteiger partial charge in [-0.15, -0.1) is 0 Å². The van der Waals surface area contributed by atoms with Crippen molar-refractivity contribution < 1.29 is 23.6 Å². The molecule has 1 amide bonds. The van der Waals surface area contributed by atoms with Crippen molar-refractivity contribution in [3.8, 4) is 0 Å². The Bertz CT molecular complexity index is 840. The van der Waals surface area contributed by atoms with Crippen molar-refractivity contribution in [2.45, 2.75) is 39.0 Å².